The van der Waals surface area contributed by atoms with Gasteiger partial charge in [0.1, 0.15) is 6.33 Å². The Kier molecular flexibility index (Phi) is 4.18. The second-order valence-electron chi connectivity index (χ2n) is 6.12. The number of hydrogen-bond acceptors (Lipinski definition) is 6. The minimum Gasteiger partial charge on any atom is -0.366 e. The SMILES string of the molecule is NC(=O)c1cccc(Nc2ncnc(N3CCc4ccccc4C3)n2)c1. The molecule has 130 valence electrons. The highest BCUT2D eigenvalue weighted by atomic mass is 16.1. The van der Waals surface area contributed by atoms with Crippen LogP contribution in [0.15, 0.2) is 54.9 Å². The van der Waals surface area contributed by atoms with Gasteiger partial charge in [0.2, 0.25) is 17.8 Å². The van der Waals surface area contributed by atoms with Crippen molar-refractivity contribution in [3.63, 3.8) is 0 Å². The van der Waals surface area contributed by atoms with Gasteiger partial charge in [0, 0.05) is 24.3 Å². The van der Waals surface area contributed by atoms with E-state index in [9.17, 15) is 4.79 Å². The van der Waals surface area contributed by atoms with Gasteiger partial charge < -0.3 is 16.0 Å². The third kappa shape index (κ3) is 3.32. The molecular formula is C19H18N6O. The monoisotopic (exact) mass is 346 g/mol. The largest absolute Gasteiger partial charge is 0.366 e. The quantitative estimate of drug-likeness (QED) is 0.752. The average Bonchev–Trinajstić information content (AvgIpc) is 2.68. The second-order valence-corrected chi connectivity index (χ2v) is 6.12. The smallest absolute Gasteiger partial charge is 0.248 e. The summed E-state index contributed by atoms with van der Waals surface area (Å²) >= 11 is 0. The summed E-state index contributed by atoms with van der Waals surface area (Å²) in [6, 6.07) is 15.3. The first-order valence-electron chi connectivity index (χ1n) is 8.37. The average molecular weight is 346 g/mol. The molecule has 3 N–H and O–H groups in total. The van der Waals surface area contributed by atoms with Gasteiger partial charge in [-0.05, 0) is 35.7 Å². The van der Waals surface area contributed by atoms with Crippen LogP contribution in [0.2, 0.25) is 0 Å². The van der Waals surface area contributed by atoms with Crippen molar-refractivity contribution in [1.29, 1.82) is 0 Å². The lowest BCUT2D eigenvalue weighted by Gasteiger charge is -2.28. The van der Waals surface area contributed by atoms with E-state index in [4.69, 9.17) is 5.73 Å². The van der Waals surface area contributed by atoms with E-state index in [1.165, 1.54) is 17.5 Å². The van der Waals surface area contributed by atoms with E-state index >= 15 is 0 Å². The van der Waals surface area contributed by atoms with E-state index in [1.807, 2.05) is 6.07 Å². The molecule has 7 nitrogen and oxygen atoms in total. The summed E-state index contributed by atoms with van der Waals surface area (Å²) in [6.07, 6.45) is 2.45. The highest BCUT2D eigenvalue weighted by Crippen LogP contribution is 2.22. The predicted octanol–water partition coefficient (Wildman–Crippen LogP) is 2.28. The minimum atomic E-state index is -0.475. The molecule has 0 saturated heterocycles. The Labute approximate surface area is 150 Å². The van der Waals surface area contributed by atoms with Crippen LogP contribution in [0.25, 0.3) is 0 Å². The summed E-state index contributed by atoms with van der Waals surface area (Å²) < 4.78 is 0. The molecular weight excluding hydrogens is 328 g/mol. The molecule has 0 aliphatic carbocycles. The zero-order valence-electron chi connectivity index (χ0n) is 14.1. The zero-order valence-corrected chi connectivity index (χ0v) is 14.1. The van der Waals surface area contributed by atoms with Crippen LogP contribution in [0, 0.1) is 0 Å². The Morgan fingerprint density at radius 2 is 1.92 bits per heavy atom. The molecule has 0 saturated carbocycles. The van der Waals surface area contributed by atoms with Gasteiger partial charge in [-0.3, -0.25) is 4.79 Å². The maximum Gasteiger partial charge on any atom is 0.248 e. The molecule has 1 aromatic heterocycles. The van der Waals surface area contributed by atoms with Gasteiger partial charge in [0.05, 0.1) is 0 Å². The van der Waals surface area contributed by atoms with Crippen molar-refractivity contribution in [1.82, 2.24) is 15.0 Å². The number of carbonyl (C=O) groups is 1. The van der Waals surface area contributed by atoms with Gasteiger partial charge in [0.15, 0.2) is 0 Å². The molecule has 0 atom stereocenters. The number of amides is 1. The Morgan fingerprint density at radius 3 is 2.77 bits per heavy atom. The van der Waals surface area contributed by atoms with Gasteiger partial charge in [-0.25, -0.2) is 9.97 Å². The fourth-order valence-corrected chi connectivity index (χ4v) is 3.05. The first-order valence-corrected chi connectivity index (χ1v) is 8.37. The zero-order chi connectivity index (χ0) is 17.9. The number of benzene rings is 2. The molecule has 1 amide bonds. The molecule has 1 aliphatic rings. The maximum absolute atomic E-state index is 11.3. The highest BCUT2D eigenvalue weighted by Gasteiger charge is 2.18. The van der Waals surface area contributed by atoms with Crippen molar-refractivity contribution < 1.29 is 4.79 Å². The summed E-state index contributed by atoms with van der Waals surface area (Å²) in [6.45, 7) is 1.63. The lowest BCUT2D eigenvalue weighted by atomic mass is 10.0. The molecule has 7 heteroatoms. The lowest BCUT2D eigenvalue weighted by Crippen LogP contribution is -2.31. The summed E-state index contributed by atoms with van der Waals surface area (Å²) in [5.74, 6) is 0.579. The van der Waals surface area contributed by atoms with E-state index in [0.29, 0.717) is 23.1 Å². The normalized spacial score (nSPS) is 13.2. The van der Waals surface area contributed by atoms with E-state index in [-0.39, 0.29) is 0 Å². The number of nitrogens with two attached hydrogens (primary N) is 1. The number of hydrogen-bond donors (Lipinski definition) is 2. The van der Waals surface area contributed by atoms with Crippen LogP contribution in [-0.4, -0.2) is 27.4 Å². The third-order valence-electron chi connectivity index (χ3n) is 4.38. The van der Waals surface area contributed by atoms with Crippen molar-refractivity contribution in [2.45, 2.75) is 13.0 Å². The Morgan fingerprint density at radius 1 is 1.08 bits per heavy atom. The number of nitrogens with one attached hydrogen (secondary N) is 1. The molecule has 0 bridgehead atoms. The first-order chi connectivity index (χ1) is 12.7. The van der Waals surface area contributed by atoms with Crippen LogP contribution >= 0.6 is 0 Å². The number of carbonyl (C=O) groups excluding carboxylic acids is 1. The Bertz CT molecular complexity index is 958. The molecule has 3 aromatic rings. The highest BCUT2D eigenvalue weighted by molar-refractivity contribution is 5.93. The summed E-state index contributed by atoms with van der Waals surface area (Å²) in [5, 5.41) is 3.10. The molecule has 26 heavy (non-hydrogen) atoms. The third-order valence-corrected chi connectivity index (χ3v) is 4.38. The summed E-state index contributed by atoms with van der Waals surface area (Å²) in [4.78, 5) is 26.4. The summed E-state index contributed by atoms with van der Waals surface area (Å²) in [5.41, 5.74) is 9.12. The Hall–Kier alpha value is -3.48. The fraction of sp³-hybridized carbons (Fsp3) is 0.158. The van der Waals surface area contributed by atoms with E-state index in [0.717, 1.165) is 19.5 Å². The van der Waals surface area contributed by atoms with E-state index in [1.54, 1.807) is 18.2 Å². The fourth-order valence-electron chi connectivity index (χ4n) is 3.05. The number of rotatable bonds is 4. The molecule has 0 unspecified atom stereocenters. The number of aromatic nitrogens is 3. The van der Waals surface area contributed by atoms with Crippen molar-refractivity contribution in [3.8, 4) is 0 Å². The van der Waals surface area contributed by atoms with Crippen molar-refractivity contribution in [2.75, 3.05) is 16.8 Å². The van der Waals surface area contributed by atoms with Gasteiger partial charge in [0.25, 0.3) is 0 Å². The van der Waals surface area contributed by atoms with Crippen molar-refractivity contribution in [2.24, 2.45) is 5.73 Å². The molecule has 0 radical (unpaired) electrons. The van der Waals surface area contributed by atoms with Crippen LogP contribution in [0.4, 0.5) is 17.6 Å². The topological polar surface area (TPSA) is 97.0 Å². The maximum atomic E-state index is 11.3. The van der Waals surface area contributed by atoms with Gasteiger partial charge in [-0.2, -0.15) is 4.98 Å². The number of nitrogens with zero attached hydrogens (tertiary/aromatic N) is 4. The lowest BCUT2D eigenvalue weighted by molar-refractivity contribution is 0.100. The van der Waals surface area contributed by atoms with Crippen LogP contribution in [-0.2, 0) is 13.0 Å². The Balaban J connectivity index is 1.54. The molecule has 1 aliphatic heterocycles. The number of primary amides is 1. The van der Waals surface area contributed by atoms with E-state index < -0.39 is 5.91 Å². The molecule has 4 rings (SSSR count). The predicted molar refractivity (Wildman–Crippen MR) is 99.3 cm³/mol. The number of fused-ring (bicyclic) bond motifs is 1. The van der Waals surface area contributed by atoms with Gasteiger partial charge in [-0.1, -0.05) is 30.3 Å². The minimum absolute atomic E-state index is 0.426. The molecule has 0 spiro atoms. The number of anilines is 3. The molecule has 2 aromatic carbocycles. The molecule has 2 heterocycles. The summed E-state index contributed by atoms with van der Waals surface area (Å²) in [7, 11) is 0. The standard InChI is InChI=1S/C19H18N6O/c20-17(26)14-6-3-7-16(10-14)23-18-21-12-22-19(24-18)25-9-8-13-4-1-2-5-15(13)11-25/h1-7,10,12H,8-9,11H2,(H2,20,26)(H,21,22,23,24). The van der Waals surface area contributed by atoms with Crippen LogP contribution in [0.1, 0.15) is 21.5 Å². The second kappa shape index (κ2) is 6.79. The molecule has 0 fully saturated rings. The van der Waals surface area contributed by atoms with Gasteiger partial charge in [-0.15, -0.1) is 0 Å². The first kappa shape index (κ1) is 16.0. The van der Waals surface area contributed by atoms with Crippen molar-refractivity contribution in [3.05, 3.63) is 71.5 Å². The van der Waals surface area contributed by atoms with Crippen LogP contribution < -0.4 is 16.0 Å². The van der Waals surface area contributed by atoms with E-state index in [2.05, 4.69) is 49.4 Å². The van der Waals surface area contributed by atoms with Crippen LogP contribution in [0.3, 0.4) is 0 Å². The van der Waals surface area contributed by atoms with Crippen molar-refractivity contribution >= 4 is 23.5 Å². The van der Waals surface area contributed by atoms with Crippen LogP contribution in [0.5, 0.6) is 0 Å². The van der Waals surface area contributed by atoms with Gasteiger partial charge >= 0.3 is 0 Å².